The van der Waals surface area contributed by atoms with Gasteiger partial charge in [0.1, 0.15) is 0 Å². The summed E-state index contributed by atoms with van der Waals surface area (Å²) in [5.74, 6) is -0.236. The Morgan fingerprint density at radius 3 is 2.83 bits per heavy atom. The standard InChI is InChI=1S/C16H11N5OS2/c17-15-21(16-18-6-7-23-16)14(22)12(24-15)8-11-9-19-20-13(11)10-4-2-1-3-5-10/h1-9,17H,(H,19,20)/b12-8+,17-15?. The van der Waals surface area contributed by atoms with E-state index < -0.39 is 0 Å². The summed E-state index contributed by atoms with van der Waals surface area (Å²) in [6.07, 6.45) is 5.07. The van der Waals surface area contributed by atoms with Gasteiger partial charge in [-0.25, -0.2) is 9.88 Å². The van der Waals surface area contributed by atoms with Crippen molar-refractivity contribution in [2.45, 2.75) is 0 Å². The van der Waals surface area contributed by atoms with Gasteiger partial charge in [-0.15, -0.1) is 11.3 Å². The predicted octanol–water partition coefficient (Wildman–Crippen LogP) is 3.59. The molecule has 1 aliphatic rings. The van der Waals surface area contributed by atoms with Crippen molar-refractivity contribution >= 4 is 45.4 Å². The number of carbonyl (C=O) groups excluding carboxylic acids is 1. The van der Waals surface area contributed by atoms with E-state index in [2.05, 4.69) is 15.2 Å². The van der Waals surface area contributed by atoms with E-state index in [0.717, 1.165) is 28.6 Å². The molecule has 1 amide bonds. The van der Waals surface area contributed by atoms with Crippen LogP contribution in [0.2, 0.25) is 0 Å². The maximum atomic E-state index is 12.6. The molecule has 8 heteroatoms. The zero-order chi connectivity index (χ0) is 16.5. The highest BCUT2D eigenvalue weighted by Gasteiger charge is 2.35. The van der Waals surface area contributed by atoms with Crippen LogP contribution in [0.4, 0.5) is 5.13 Å². The van der Waals surface area contributed by atoms with Gasteiger partial charge in [-0.05, 0) is 17.8 Å². The number of nitrogens with zero attached hydrogens (tertiary/aromatic N) is 3. The molecule has 0 aliphatic carbocycles. The maximum absolute atomic E-state index is 12.6. The number of amidine groups is 1. The van der Waals surface area contributed by atoms with Gasteiger partial charge in [-0.3, -0.25) is 15.3 Å². The van der Waals surface area contributed by atoms with Crippen molar-refractivity contribution in [3.63, 3.8) is 0 Å². The van der Waals surface area contributed by atoms with E-state index in [4.69, 9.17) is 5.41 Å². The zero-order valence-electron chi connectivity index (χ0n) is 12.3. The van der Waals surface area contributed by atoms with E-state index in [1.807, 2.05) is 30.3 Å². The average Bonchev–Trinajstić information content (AvgIpc) is 3.31. The maximum Gasteiger partial charge on any atom is 0.273 e. The molecule has 0 atom stereocenters. The third kappa shape index (κ3) is 2.55. The predicted molar refractivity (Wildman–Crippen MR) is 96.9 cm³/mol. The zero-order valence-corrected chi connectivity index (χ0v) is 13.9. The molecule has 4 rings (SSSR count). The topological polar surface area (TPSA) is 85.7 Å². The van der Waals surface area contributed by atoms with Crippen molar-refractivity contribution in [3.8, 4) is 11.3 Å². The fourth-order valence-corrected chi connectivity index (χ4v) is 3.91. The minimum atomic E-state index is -0.236. The van der Waals surface area contributed by atoms with Gasteiger partial charge in [-0.1, -0.05) is 30.3 Å². The second kappa shape index (κ2) is 6.06. The first-order valence-electron chi connectivity index (χ1n) is 7.05. The molecule has 1 aromatic carbocycles. The number of benzene rings is 1. The third-order valence-electron chi connectivity index (χ3n) is 3.45. The van der Waals surface area contributed by atoms with Crippen molar-refractivity contribution in [2.24, 2.45) is 0 Å². The van der Waals surface area contributed by atoms with Gasteiger partial charge in [0.25, 0.3) is 5.91 Å². The number of aromatic nitrogens is 3. The number of hydrogen-bond acceptors (Lipinski definition) is 6. The number of anilines is 1. The van der Waals surface area contributed by atoms with Crippen LogP contribution in [0.5, 0.6) is 0 Å². The summed E-state index contributed by atoms with van der Waals surface area (Å²) in [5, 5.41) is 17.6. The Hall–Kier alpha value is -2.71. The lowest BCUT2D eigenvalue weighted by Crippen LogP contribution is -2.27. The first-order valence-corrected chi connectivity index (χ1v) is 8.74. The van der Waals surface area contributed by atoms with E-state index in [0.29, 0.717) is 10.0 Å². The molecule has 0 spiro atoms. The molecule has 3 heterocycles. The van der Waals surface area contributed by atoms with Gasteiger partial charge in [0.2, 0.25) is 0 Å². The molecule has 0 radical (unpaired) electrons. The molecular weight excluding hydrogens is 342 g/mol. The minimum absolute atomic E-state index is 0.158. The number of H-pyrrole nitrogens is 1. The number of thiazole rings is 1. The molecule has 2 N–H and O–H groups in total. The summed E-state index contributed by atoms with van der Waals surface area (Å²) in [7, 11) is 0. The highest BCUT2D eigenvalue weighted by atomic mass is 32.2. The molecule has 2 aromatic heterocycles. The Morgan fingerprint density at radius 2 is 2.08 bits per heavy atom. The lowest BCUT2D eigenvalue weighted by Gasteiger charge is -2.08. The molecule has 1 saturated heterocycles. The smallest absolute Gasteiger partial charge is 0.273 e. The van der Waals surface area contributed by atoms with Crippen molar-refractivity contribution in [2.75, 3.05) is 4.90 Å². The minimum Gasteiger partial charge on any atom is -0.278 e. The van der Waals surface area contributed by atoms with Gasteiger partial charge in [-0.2, -0.15) is 5.10 Å². The molecule has 24 heavy (non-hydrogen) atoms. The van der Waals surface area contributed by atoms with Crippen molar-refractivity contribution in [1.29, 1.82) is 5.41 Å². The van der Waals surface area contributed by atoms with Crippen LogP contribution in [0.15, 0.2) is 53.0 Å². The van der Waals surface area contributed by atoms with E-state index in [1.165, 1.54) is 16.2 Å². The first-order chi connectivity index (χ1) is 11.7. The summed E-state index contributed by atoms with van der Waals surface area (Å²) in [6, 6.07) is 9.79. The van der Waals surface area contributed by atoms with Crippen LogP contribution >= 0.6 is 23.1 Å². The molecule has 0 saturated carbocycles. The van der Waals surface area contributed by atoms with Crippen LogP contribution in [-0.2, 0) is 4.79 Å². The van der Waals surface area contributed by atoms with E-state index in [-0.39, 0.29) is 11.1 Å². The summed E-state index contributed by atoms with van der Waals surface area (Å²) in [6.45, 7) is 0. The number of aromatic amines is 1. The normalized spacial score (nSPS) is 16.3. The van der Waals surface area contributed by atoms with E-state index in [1.54, 1.807) is 23.8 Å². The van der Waals surface area contributed by atoms with Gasteiger partial charge in [0.05, 0.1) is 16.8 Å². The van der Waals surface area contributed by atoms with Crippen LogP contribution in [0.3, 0.4) is 0 Å². The lowest BCUT2D eigenvalue weighted by atomic mass is 10.1. The number of nitrogens with one attached hydrogen (secondary N) is 2. The Balaban J connectivity index is 1.70. The van der Waals surface area contributed by atoms with E-state index >= 15 is 0 Å². The van der Waals surface area contributed by atoms with Crippen LogP contribution in [0, 0.1) is 5.41 Å². The Morgan fingerprint density at radius 1 is 1.25 bits per heavy atom. The van der Waals surface area contributed by atoms with Crippen molar-refractivity contribution < 1.29 is 4.79 Å². The second-order valence-corrected chi connectivity index (χ2v) is 6.84. The van der Waals surface area contributed by atoms with Crippen LogP contribution in [0.25, 0.3) is 17.3 Å². The number of hydrogen-bond donors (Lipinski definition) is 2. The van der Waals surface area contributed by atoms with Gasteiger partial charge in [0.15, 0.2) is 10.3 Å². The Bertz CT molecular complexity index is 931. The van der Waals surface area contributed by atoms with Gasteiger partial charge in [0, 0.05) is 22.7 Å². The van der Waals surface area contributed by atoms with Gasteiger partial charge < -0.3 is 0 Å². The highest BCUT2D eigenvalue weighted by molar-refractivity contribution is 8.19. The number of carbonyl (C=O) groups is 1. The van der Waals surface area contributed by atoms with Crippen LogP contribution in [0.1, 0.15) is 5.56 Å². The molecule has 6 nitrogen and oxygen atoms in total. The SMILES string of the molecule is N=C1S/C(=C/c2cn[nH]c2-c2ccccc2)C(=O)N1c1nccs1. The largest absolute Gasteiger partial charge is 0.278 e. The summed E-state index contributed by atoms with van der Waals surface area (Å²) in [4.78, 5) is 18.5. The quantitative estimate of drug-likeness (QED) is 0.705. The molecule has 118 valence electrons. The number of amides is 1. The number of thioether (sulfide) groups is 1. The van der Waals surface area contributed by atoms with Crippen molar-refractivity contribution in [3.05, 3.63) is 58.6 Å². The average molecular weight is 353 g/mol. The van der Waals surface area contributed by atoms with Gasteiger partial charge >= 0.3 is 0 Å². The molecular formula is C16H11N5OS2. The monoisotopic (exact) mass is 353 g/mol. The molecule has 1 aliphatic heterocycles. The van der Waals surface area contributed by atoms with Crippen LogP contribution in [-0.4, -0.2) is 26.3 Å². The lowest BCUT2D eigenvalue weighted by molar-refractivity contribution is -0.113. The van der Waals surface area contributed by atoms with E-state index in [9.17, 15) is 4.79 Å². The molecule has 3 aromatic rings. The third-order valence-corrected chi connectivity index (χ3v) is 5.10. The summed E-state index contributed by atoms with van der Waals surface area (Å²) < 4.78 is 0. The molecule has 0 unspecified atom stereocenters. The molecule has 1 fully saturated rings. The fraction of sp³-hybridized carbons (Fsp3) is 0. The first kappa shape index (κ1) is 14.9. The Kier molecular flexibility index (Phi) is 3.75. The van der Waals surface area contributed by atoms with Crippen LogP contribution < -0.4 is 4.90 Å². The highest BCUT2D eigenvalue weighted by Crippen LogP contribution is 2.36. The molecule has 0 bridgehead atoms. The fourth-order valence-electron chi connectivity index (χ4n) is 2.37. The summed E-state index contributed by atoms with van der Waals surface area (Å²) in [5.41, 5.74) is 2.64. The number of rotatable bonds is 3. The van der Waals surface area contributed by atoms with Crippen molar-refractivity contribution in [1.82, 2.24) is 15.2 Å². The Labute approximate surface area is 145 Å². The summed E-state index contributed by atoms with van der Waals surface area (Å²) >= 11 is 2.46. The second-order valence-electron chi connectivity index (χ2n) is 4.94.